The number of hydrogen-bond acceptors (Lipinski definition) is 3. The van der Waals surface area contributed by atoms with E-state index in [9.17, 15) is 9.90 Å². The molecule has 2 N–H and O–H groups in total. The Morgan fingerprint density at radius 3 is 2.87 bits per heavy atom. The summed E-state index contributed by atoms with van der Waals surface area (Å²) in [7, 11) is 0. The van der Waals surface area contributed by atoms with Gasteiger partial charge >= 0.3 is 0 Å². The van der Waals surface area contributed by atoms with Crippen molar-refractivity contribution < 1.29 is 14.6 Å². The van der Waals surface area contributed by atoms with E-state index in [1.54, 1.807) is 0 Å². The summed E-state index contributed by atoms with van der Waals surface area (Å²) in [6.45, 7) is 4.85. The number of allylic oxidation sites excluding steroid dienone is 3. The lowest BCUT2D eigenvalue weighted by Gasteiger charge is -2.35. The molecule has 2 aliphatic rings. The molecule has 0 aromatic carbocycles. The molecule has 1 amide bonds. The van der Waals surface area contributed by atoms with Crippen LogP contribution in [-0.4, -0.2) is 30.3 Å². The molecule has 2 unspecified atom stereocenters. The van der Waals surface area contributed by atoms with Crippen LogP contribution in [-0.2, 0) is 9.53 Å². The molecule has 1 saturated carbocycles. The highest BCUT2D eigenvalue weighted by Crippen LogP contribution is 2.37. The fraction of sp³-hybridized carbons (Fsp3) is 0.737. The standard InChI is InChI=1S/C19H31NO3/c1-15(21)20-12-10-18(22)19(2)11-6-9-17(13-19)23-14-16-7-4-3-5-8-16/h6,9,11,16,18,22H,3-5,7-8,10,12-14H2,1-2H3,(H,20,21). The molecule has 130 valence electrons. The van der Waals surface area contributed by atoms with Gasteiger partial charge in [0.15, 0.2) is 0 Å². The van der Waals surface area contributed by atoms with Crippen LogP contribution in [0.1, 0.15) is 58.8 Å². The van der Waals surface area contributed by atoms with Crippen LogP contribution in [0.4, 0.5) is 0 Å². The maximum atomic E-state index is 10.9. The van der Waals surface area contributed by atoms with E-state index in [0.29, 0.717) is 18.9 Å². The first-order valence-electron chi connectivity index (χ1n) is 8.93. The van der Waals surface area contributed by atoms with Gasteiger partial charge in [-0.1, -0.05) is 38.3 Å². The molecular weight excluding hydrogens is 290 g/mol. The third-order valence-electron chi connectivity index (χ3n) is 5.10. The summed E-state index contributed by atoms with van der Waals surface area (Å²) in [5.74, 6) is 1.60. The minimum absolute atomic E-state index is 0.0575. The van der Waals surface area contributed by atoms with E-state index in [0.717, 1.165) is 18.8 Å². The quantitative estimate of drug-likeness (QED) is 0.756. The molecule has 0 spiro atoms. The van der Waals surface area contributed by atoms with Crippen molar-refractivity contribution in [1.29, 1.82) is 0 Å². The van der Waals surface area contributed by atoms with Gasteiger partial charge in [0.1, 0.15) is 0 Å². The molecule has 2 aliphatic carbocycles. The lowest BCUT2D eigenvalue weighted by Crippen LogP contribution is -2.36. The summed E-state index contributed by atoms with van der Waals surface area (Å²) >= 11 is 0. The Hall–Kier alpha value is -1.29. The Bertz CT molecular complexity index is 452. The zero-order valence-corrected chi connectivity index (χ0v) is 14.5. The summed E-state index contributed by atoms with van der Waals surface area (Å²) in [4.78, 5) is 10.9. The number of aliphatic hydroxyl groups is 1. The van der Waals surface area contributed by atoms with Gasteiger partial charge in [0.25, 0.3) is 0 Å². The van der Waals surface area contributed by atoms with Gasteiger partial charge in [-0.2, -0.15) is 0 Å². The lowest BCUT2D eigenvalue weighted by atomic mass is 9.76. The highest BCUT2D eigenvalue weighted by Gasteiger charge is 2.33. The first kappa shape index (κ1) is 18.1. The summed E-state index contributed by atoms with van der Waals surface area (Å²) in [5.41, 5.74) is -0.324. The molecule has 0 saturated heterocycles. The summed E-state index contributed by atoms with van der Waals surface area (Å²) in [5, 5.41) is 13.2. The number of nitrogens with one attached hydrogen (secondary N) is 1. The Morgan fingerprint density at radius 1 is 1.43 bits per heavy atom. The van der Waals surface area contributed by atoms with Crippen LogP contribution < -0.4 is 5.32 Å². The Kier molecular flexibility index (Phi) is 6.70. The van der Waals surface area contributed by atoms with Crippen LogP contribution in [0.2, 0.25) is 0 Å². The number of amides is 1. The number of hydrogen-bond donors (Lipinski definition) is 2. The van der Waals surface area contributed by atoms with E-state index in [4.69, 9.17) is 4.74 Å². The third-order valence-corrected chi connectivity index (χ3v) is 5.10. The van der Waals surface area contributed by atoms with Crippen LogP contribution in [0.25, 0.3) is 0 Å². The minimum Gasteiger partial charge on any atom is -0.498 e. The monoisotopic (exact) mass is 321 g/mol. The number of rotatable bonds is 7. The molecule has 4 nitrogen and oxygen atoms in total. The van der Waals surface area contributed by atoms with Crippen LogP contribution in [0, 0.1) is 11.3 Å². The van der Waals surface area contributed by atoms with Gasteiger partial charge in [-0.15, -0.1) is 0 Å². The van der Waals surface area contributed by atoms with Gasteiger partial charge < -0.3 is 15.2 Å². The molecular formula is C19H31NO3. The van der Waals surface area contributed by atoms with Crippen LogP contribution in [0.5, 0.6) is 0 Å². The smallest absolute Gasteiger partial charge is 0.216 e. The molecule has 0 bridgehead atoms. The summed E-state index contributed by atoms with van der Waals surface area (Å²) in [6.07, 6.45) is 13.4. The van der Waals surface area contributed by atoms with Gasteiger partial charge in [-0.3, -0.25) is 4.79 Å². The highest BCUT2D eigenvalue weighted by atomic mass is 16.5. The fourth-order valence-electron chi connectivity index (χ4n) is 3.49. The highest BCUT2D eigenvalue weighted by molar-refractivity contribution is 5.72. The summed E-state index contributed by atoms with van der Waals surface area (Å²) < 4.78 is 6.04. The van der Waals surface area contributed by atoms with Gasteiger partial charge in [-0.25, -0.2) is 0 Å². The van der Waals surface area contributed by atoms with E-state index in [1.807, 2.05) is 12.2 Å². The zero-order valence-electron chi connectivity index (χ0n) is 14.5. The van der Waals surface area contributed by atoms with E-state index >= 15 is 0 Å². The van der Waals surface area contributed by atoms with Gasteiger partial charge in [-0.05, 0) is 31.3 Å². The molecule has 4 heteroatoms. The van der Waals surface area contributed by atoms with Crippen LogP contribution in [0.3, 0.4) is 0 Å². The largest absolute Gasteiger partial charge is 0.498 e. The first-order chi connectivity index (χ1) is 11.0. The molecule has 2 atom stereocenters. The average Bonchev–Trinajstić information content (AvgIpc) is 2.53. The lowest BCUT2D eigenvalue weighted by molar-refractivity contribution is -0.119. The Morgan fingerprint density at radius 2 is 2.17 bits per heavy atom. The number of carbonyl (C=O) groups is 1. The van der Waals surface area contributed by atoms with Gasteiger partial charge in [0.05, 0.1) is 18.5 Å². The fourth-order valence-corrected chi connectivity index (χ4v) is 3.49. The average molecular weight is 321 g/mol. The second-order valence-corrected chi connectivity index (χ2v) is 7.28. The molecule has 2 rings (SSSR count). The minimum atomic E-state index is -0.493. The predicted molar refractivity (Wildman–Crippen MR) is 91.8 cm³/mol. The third kappa shape index (κ3) is 5.69. The van der Waals surface area contributed by atoms with Crippen molar-refractivity contribution in [3.8, 4) is 0 Å². The molecule has 0 aliphatic heterocycles. The van der Waals surface area contributed by atoms with Crippen LogP contribution >= 0.6 is 0 Å². The van der Waals surface area contributed by atoms with E-state index < -0.39 is 6.10 Å². The molecule has 1 fully saturated rings. The topological polar surface area (TPSA) is 58.6 Å². The maximum Gasteiger partial charge on any atom is 0.216 e. The molecule has 0 aromatic heterocycles. The Balaban J connectivity index is 1.79. The van der Waals surface area contributed by atoms with Crippen molar-refractivity contribution in [2.75, 3.05) is 13.2 Å². The van der Waals surface area contributed by atoms with Crippen molar-refractivity contribution in [1.82, 2.24) is 5.32 Å². The SMILES string of the molecule is CC(=O)NCCC(O)C1(C)C=CC=C(OCC2CCCCC2)C1. The molecule has 23 heavy (non-hydrogen) atoms. The van der Waals surface area contributed by atoms with Crippen molar-refractivity contribution in [3.05, 3.63) is 24.0 Å². The van der Waals surface area contributed by atoms with Gasteiger partial charge in [0, 0.05) is 25.3 Å². The molecule has 0 radical (unpaired) electrons. The van der Waals surface area contributed by atoms with Crippen LogP contribution in [0.15, 0.2) is 24.0 Å². The molecule has 0 aromatic rings. The predicted octanol–water partition coefficient (Wildman–Crippen LogP) is 3.32. The zero-order chi connectivity index (χ0) is 16.7. The van der Waals surface area contributed by atoms with Crippen molar-refractivity contribution in [2.24, 2.45) is 11.3 Å². The number of carbonyl (C=O) groups excluding carboxylic acids is 1. The Labute approximate surface area is 140 Å². The normalized spacial score (nSPS) is 26.5. The van der Waals surface area contributed by atoms with Crippen molar-refractivity contribution in [2.45, 2.75) is 64.9 Å². The maximum absolute atomic E-state index is 10.9. The van der Waals surface area contributed by atoms with E-state index in [-0.39, 0.29) is 11.3 Å². The second kappa shape index (κ2) is 8.53. The van der Waals surface area contributed by atoms with E-state index in [1.165, 1.54) is 39.0 Å². The second-order valence-electron chi connectivity index (χ2n) is 7.28. The van der Waals surface area contributed by atoms with Gasteiger partial charge in [0.2, 0.25) is 5.91 Å². The molecule has 0 heterocycles. The van der Waals surface area contributed by atoms with Crippen molar-refractivity contribution in [3.63, 3.8) is 0 Å². The number of aliphatic hydroxyl groups excluding tert-OH is 1. The number of ether oxygens (including phenoxy) is 1. The van der Waals surface area contributed by atoms with E-state index in [2.05, 4.69) is 18.3 Å². The van der Waals surface area contributed by atoms with Crippen molar-refractivity contribution >= 4 is 5.91 Å². The first-order valence-corrected chi connectivity index (χ1v) is 8.93. The summed E-state index contributed by atoms with van der Waals surface area (Å²) in [6, 6.07) is 0.